The molecule has 0 aliphatic carbocycles. The van der Waals surface area contributed by atoms with Crippen LogP contribution in [0.15, 0.2) is 36.5 Å². The molecule has 0 saturated carbocycles. The van der Waals surface area contributed by atoms with Gasteiger partial charge in [-0.2, -0.15) is 0 Å². The van der Waals surface area contributed by atoms with Gasteiger partial charge in [0.15, 0.2) is 17.3 Å². The Balaban J connectivity index is 1.89. The van der Waals surface area contributed by atoms with Gasteiger partial charge < -0.3 is 9.72 Å². The molecule has 2 N–H and O–H groups in total. The number of imidazole rings is 1. The van der Waals surface area contributed by atoms with Crippen molar-refractivity contribution in [3.05, 3.63) is 48.0 Å². The smallest absolute Gasteiger partial charge is 0.279 e. The molecule has 0 aliphatic heterocycles. The van der Waals surface area contributed by atoms with Gasteiger partial charge in [0, 0.05) is 12.3 Å². The Morgan fingerprint density at radius 1 is 1.33 bits per heavy atom. The molecule has 6 nitrogen and oxygen atoms in total. The summed E-state index contributed by atoms with van der Waals surface area (Å²) in [5.74, 6) is -1.33. The number of hydrogen-bond donors (Lipinski definition) is 2. The van der Waals surface area contributed by atoms with E-state index in [9.17, 15) is 9.18 Å². The number of H-pyrrole nitrogens is 1. The number of rotatable bonds is 3. The first-order valence-corrected chi connectivity index (χ1v) is 6.13. The molecule has 3 rings (SSSR count). The predicted molar refractivity (Wildman–Crippen MR) is 74.8 cm³/mol. The molecule has 0 unspecified atom stereocenters. The zero-order chi connectivity index (χ0) is 14.8. The Morgan fingerprint density at radius 3 is 2.90 bits per heavy atom. The number of aromatic nitrogens is 3. The third-order valence-electron chi connectivity index (χ3n) is 2.91. The number of amides is 1. The van der Waals surface area contributed by atoms with Crippen LogP contribution in [0.5, 0.6) is 5.75 Å². The number of aromatic amines is 1. The maximum atomic E-state index is 14.0. The van der Waals surface area contributed by atoms with Crippen LogP contribution in [0.1, 0.15) is 10.5 Å². The molecule has 0 bridgehead atoms. The summed E-state index contributed by atoms with van der Waals surface area (Å²) in [4.78, 5) is 22.9. The quantitative estimate of drug-likeness (QED) is 0.774. The Hall–Kier alpha value is -2.96. The number of hydrogen-bond acceptors (Lipinski definition) is 4. The van der Waals surface area contributed by atoms with Crippen LogP contribution in [0.25, 0.3) is 11.0 Å². The molecule has 2 heterocycles. The lowest BCUT2D eigenvalue weighted by molar-refractivity contribution is 0.101. The number of halogens is 1. The fraction of sp³-hybridized carbons (Fsp3) is 0.0714. The van der Waals surface area contributed by atoms with Crippen molar-refractivity contribution in [3.8, 4) is 5.75 Å². The fourth-order valence-corrected chi connectivity index (χ4v) is 1.92. The second kappa shape index (κ2) is 5.20. The van der Waals surface area contributed by atoms with E-state index in [1.807, 2.05) is 18.2 Å². The van der Waals surface area contributed by atoms with Gasteiger partial charge >= 0.3 is 0 Å². The zero-order valence-electron chi connectivity index (χ0n) is 11.1. The van der Waals surface area contributed by atoms with Gasteiger partial charge in [-0.05, 0) is 12.1 Å². The van der Waals surface area contributed by atoms with Crippen molar-refractivity contribution >= 4 is 22.9 Å². The van der Waals surface area contributed by atoms with Crippen LogP contribution in [0, 0.1) is 5.82 Å². The van der Waals surface area contributed by atoms with Crippen molar-refractivity contribution in [2.24, 2.45) is 0 Å². The molecule has 3 aromatic rings. The molecule has 7 heteroatoms. The molecule has 0 spiro atoms. The van der Waals surface area contributed by atoms with Crippen LogP contribution in [-0.2, 0) is 0 Å². The molecule has 1 aromatic carbocycles. The molecule has 0 saturated heterocycles. The van der Waals surface area contributed by atoms with E-state index in [-0.39, 0.29) is 17.4 Å². The highest BCUT2D eigenvalue weighted by Crippen LogP contribution is 2.19. The fourth-order valence-electron chi connectivity index (χ4n) is 1.92. The number of ether oxygens (including phenoxy) is 1. The number of nitrogens with zero attached hydrogens (tertiary/aromatic N) is 2. The van der Waals surface area contributed by atoms with E-state index in [2.05, 4.69) is 20.3 Å². The number of anilines is 1. The van der Waals surface area contributed by atoms with Gasteiger partial charge in [-0.25, -0.2) is 14.4 Å². The summed E-state index contributed by atoms with van der Waals surface area (Å²) in [5, 5.41) is 2.48. The lowest BCUT2D eigenvalue weighted by atomic mass is 10.3. The molecule has 0 radical (unpaired) electrons. The lowest BCUT2D eigenvalue weighted by Crippen LogP contribution is -2.16. The van der Waals surface area contributed by atoms with Gasteiger partial charge in [-0.15, -0.1) is 0 Å². The second-order valence-corrected chi connectivity index (χ2v) is 4.23. The van der Waals surface area contributed by atoms with Crippen LogP contribution in [-0.4, -0.2) is 28.0 Å². The minimum atomic E-state index is -0.811. The summed E-state index contributed by atoms with van der Waals surface area (Å²) < 4.78 is 18.8. The van der Waals surface area contributed by atoms with Crippen molar-refractivity contribution in [2.45, 2.75) is 0 Å². The molecular weight excluding hydrogens is 275 g/mol. The van der Waals surface area contributed by atoms with Gasteiger partial charge in [0.2, 0.25) is 5.95 Å². The van der Waals surface area contributed by atoms with E-state index in [1.54, 1.807) is 6.07 Å². The Kier molecular flexibility index (Phi) is 3.23. The van der Waals surface area contributed by atoms with Gasteiger partial charge in [0.25, 0.3) is 5.91 Å². The van der Waals surface area contributed by atoms with E-state index in [4.69, 9.17) is 4.74 Å². The molecular formula is C14H11FN4O2. The van der Waals surface area contributed by atoms with Crippen LogP contribution in [0.4, 0.5) is 10.3 Å². The maximum Gasteiger partial charge on any atom is 0.279 e. The summed E-state index contributed by atoms with van der Waals surface area (Å²) >= 11 is 0. The number of para-hydroxylation sites is 2. The molecule has 0 atom stereocenters. The Labute approximate surface area is 119 Å². The number of pyridine rings is 1. The van der Waals surface area contributed by atoms with Crippen molar-refractivity contribution in [3.63, 3.8) is 0 Å². The van der Waals surface area contributed by atoms with E-state index < -0.39 is 11.7 Å². The molecule has 1 amide bonds. The Bertz CT molecular complexity index is 783. The van der Waals surface area contributed by atoms with Crippen molar-refractivity contribution in [1.29, 1.82) is 0 Å². The first kappa shape index (κ1) is 13.0. The maximum absolute atomic E-state index is 14.0. The number of benzene rings is 1. The van der Waals surface area contributed by atoms with Crippen LogP contribution >= 0.6 is 0 Å². The second-order valence-electron chi connectivity index (χ2n) is 4.23. The number of carbonyl (C=O) groups excluding carboxylic acids is 1. The van der Waals surface area contributed by atoms with E-state index in [0.29, 0.717) is 5.52 Å². The normalized spacial score (nSPS) is 10.6. The average molecular weight is 286 g/mol. The highest BCUT2D eigenvalue weighted by atomic mass is 19.1. The first-order valence-electron chi connectivity index (χ1n) is 6.13. The topological polar surface area (TPSA) is 79.9 Å². The van der Waals surface area contributed by atoms with Crippen molar-refractivity contribution in [2.75, 3.05) is 12.4 Å². The minimum absolute atomic E-state index is 0.0419. The average Bonchev–Trinajstić information content (AvgIpc) is 2.89. The summed E-state index contributed by atoms with van der Waals surface area (Å²) in [6.45, 7) is 0. The van der Waals surface area contributed by atoms with Gasteiger partial charge in [0.1, 0.15) is 0 Å². The van der Waals surface area contributed by atoms with E-state index in [1.165, 1.54) is 19.4 Å². The third-order valence-corrected chi connectivity index (χ3v) is 2.91. The molecule has 0 fully saturated rings. The summed E-state index contributed by atoms with van der Waals surface area (Å²) in [6.07, 6.45) is 1.30. The lowest BCUT2D eigenvalue weighted by Gasteiger charge is -2.05. The molecule has 2 aromatic heterocycles. The van der Waals surface area contributed by atoms with Gasteiger partial charge in [-0.3, -0.25) is 10.1 Å². The summed E-state index contributed by atoms with van der Waals surface area (Å²) in [5.41, 5.74) is 1.12. The SMILES string of the molecule is COc1ccnc(C(=O)Nc2nc3ccccc3[nH]2)c1F. The van der Waals surface area contributed by atoms with Gasteiger partial charge in [0.05, 0.1) is 18.1 Å². The van der Waals surface area contributed by atoms with Crippen LogP contribution in [0.2, 0.25) is 0 Å². The number of nitrogens with one attached hydrogen (secondary N) is 2. The summed E-state index contributed by atoms with van der Waals surface area (Å²) in [7, 11) is 1.32. The van der Waals surface area contributed by atoms with Crippen LogP contribution < -0.4 is 10.1 Å². The minimum Gasteiger partial charge on any atom is -0.494 e. The number of carbonyl (C=O) groups is 1. The predicted octanol–water partition coefficient (Wildman–Crippen LogP) is 2.36. The third kappa shape index (κ3) is 2.40. The molecule has 106 valence electrons. The van der Waals surface area contributed by atoms with E-state index in [0.717, 1.165) is 5.52 Å². The monoisotopic (exact) mass is 286 g/mol. The first-order chi connectivity index (χ1) is 10.2. The van der Waals surface area contributed by atoms with E-state index >= 15 is 0 Å². The molecule has 21 heavy (non-hydrogen) atoms. The Morgan fingerprint density at radius 2 is 2.14 bits per heavy atom. The number of methoxy groups -OCH3 is 1. The highest BCUT2D eigenvalue weighted by Gasteiger charge is 2.18. The van der Waals surface area contributed by atoms with Gasteiger partial charge in [-0.1, -0.05) is 12.1 Å². The highest BCUT2D eigenvalue weighted by molar-refractivity contribution is 6.03. The standard InChI is InChI=1S/C14H11FN4O2/c1-21-10-6-7-16-12(11(10)15)13(20)19-14-17-8-4-2-3-5-9(8)18-14/h2-7H,1H3,(H2,17,18,19,20). The zero-order valence-corrected chi connectivity index (χ0v) is 11.1. The summed E-state index contributed by atoms with van der Waals surface area (Å²) in [6, 6.07) is 8.63. The van der Waals surface area contributed by atoms with Crippen molar-refractivity contribution < 1.29 is 13.9 Å². The van der Waals surface area contributed by atoms with Crippen LogP contribution in [0.3, 0.4) is 0 Å². The largest absolute Gasteiger partial charge is 0.494 e. The number of fused-ring (bicyclic) bond motifs is 1. The molecule has 0 aliphatic rings. The van der Waals surface area contributed by atoms with Crippen molar-refractivity contribution in [1.82, 2.24) is 15.0 Å².